The van der Waals surface area contributed by atoms with Crippen LogP contribution in [0.4, 0.5) is 0 Å². The van der Waals surface area contributed by atoms with Crippen molar-refractivity contribution in [1.29, 1.82) is 0 Å². The Labute approximate surface area is 104 Å². The molecule has 4 heteroatoms. The van der Waals surface area contributed by atoms with E-state index in [4.69, 9.17) is 0 Å². The number of aryl methyl sites for hydroxylation is 2. The van der Waals surface area contributed by atoms with E-state index in [2.05, 4.69) is 41.4 Å². The van der Waals surface area contributed by atoms with Gasteiger partial charge in [-0.15, -0.1) is 0 Å². The highest BCUT2D eigenvalue weighted by Crippen LogP contribution is 2.05. The molecule has 0 aliphatic heterocycles. The summed E-state index contributed by atoms with van der Waals surface area (Å²) in [7, 11) is 0. The molecule has 1 aromatic rings. The Bertz CT molecular complexity index is 385. The van der Waals surface area contributed by atoms with Crippen molar-refractivity contribution in [3.05, 3.63) is 25.9 Å². The second-order valence-electron chi connectivity index (χ2n) is 4.18. The summed E-state index contributed by atoms with van der Waals surface area (Å²) in [6.45, 7) is 7.03. The summed E-state index contributed by atoms with van der Waals surface area (Å²) in [4.78, 5) is 16.0. The minimum Gasteiger partial charge on any atom is -0.298 e. The summed E-state index contributed by atoms with van der Waals surface area (Å²) in [5, 5.41) is 0. The van der Waals surface area contributed by atoms with Crippen LogP contribution in [-0.2, 0) is 6.54 Å². The smallest absolute Gasteiger partial charge is 0.266 e. The van der Waals surface area contributed by atoms with Gasteiger partial charge in [-0.3, -0.25) is 9.36 Å². The lowest BCUT2D eigenvalue weighted by atomic mass is 10.1. The topological polar surface area (TPSA) is 34.9 Å². The Morgan fingerprint density at radius 1 is 1.53 bits per heavy atom. The lowest BCUT2D eigenvalue weighted by molar-refractivity contribution is 0.501. The molecule has 15 heavy (non-hydrogen) atoms. The molecule has 0 bridgehead atoms. The second-order valence-corrected chi connectivity index (χ2v) is 5.26. The maximum Gasteiger partial charge on any atom is 0.266 e. The zero-order chi connectivity index (χ0) is 11.4. The van der Waals surface area contributed by atoms with Crippen LogP contribution in [0.25, 0.3) is 0 Å². The second kappa shape index (κ2) is 5.63. The van der Waals surface area contributed by atoms with Gasteiger partial charge in [-0.2, -0.15) is 0 Å². The lowest BCUT2D eigenvalue weighted by Crippen LogP contribution is -2.24. The standard InChI is InChI=1S/C11H17IN2O/c1-8(2)5-4-6-14-7-13-9(3)10(12)11(14)15/h7-8H,4-6H2,1-3H3. The Morgan fingerprint density at radius 2 is 2.20 bits per heavy atom. The minimum atomic E-state index is 0.0897. The van der Waals surface area contributed by atoms with Crippen LogP contribution < -0.4 is 5.56 Å². The fourth-order valence-electron chi connectivity index (χ4n) is 1.38. The van der Waals surface area contributed by atoms with Crippen molar-refractivity contribution in [1.82, 2.24) is 9.55 Å². The molecule has 84 valence electrons. The maximum atomic E-state index is 11.8. The van der Waals surface area contributed by atoms with Crippen molar-refractivity contribution in [3.63, 3.8) is 0 Å². The Morgan fingerprint density at radius 3 is 2.80 bits per heavy atom. The Hall–Kier alpha value is -0.390. The summed E-state index contributed by atoms with van der Waals surface area (Å²) in [5.74, 6) is 0.693. The zero-order valence-corrected chi connectivity index (χ0v) is 11.6. The van der Waals surface area contributed by atoms with Crippen LogP contribution in [0.5, 0.6) is 0 Å². The normalized spacial score (nSPS) is 11.0. The highest BCUT2D eigenvalue weighted by atomic mass is 127. The van der Waals surface area contributed by atoms with E-state index in [0.29, 0.717) is 5.92 Å². The molecule has 0 saturated heterocycles. The van der Waals surface area contributed by atoms with Gasteiger partial charge < -0.3 is 0 Å². The number of aromatic nitrogens is 2. The van der Waals surface area contributed by atoms with Gasteiger partial charge in [0, 0.05) is 6.54 Å². The first kappa shape index (κ1) is 12.7. The molecule has 1 aromatic heterocycles. The Kier molecular flexibility index (Phi) is 4.76. The van der Waals surface area contributed by atoms with Crippen LogP contribution in [0.1, 0.15) is 32.4 Å². The average Bonchev–Trinajstić information content (AvgIpc) is 2.18. The quantitative estimate of drug-likeness (QED) is 0.799. The summed E-state index contributed by atoms with van der Waals surface area (Å²) in [6.07, 6.45) is 3.84. The van der Waals surface area contributed by atoms with Crippen LogP contribution in [0.15, 0.2) is 11.1 Å². The largest absolute Gasteiger partial charge is 0.298 e. The molecule has 3 nitrogen and oxygen atoms in total. The first-order valence-corrected chi connectivity index (χ1v) is 6.31. The van der Waals surface area contributed by atoms with Gasteiger partial charge in [0.1, 0.15) is 0 Å². The molecule has 1 heterocycles. The van der Waals surface area contributed by atoms with Gasteiger partial charge in [0.25, 0.3) is 5.56 Å². The number of nitrogens with zero attached hydrogens (tertiary/aromatic N) is 2. The zero-order valence-electron chi connectivity index (χ0n) is 9.46. The van der Waals surface area contributed by atoms with Crippen LogP contribution in [0.3, 0.4) is 0 Å². The molecular formula is C11H17IN2O. The third-order valence-electron chi connectivity index (χ3n) is 2.34. The number of hydrogen-bond donors (Lipinski definition) is 0. The van der Waals surface area contributed by atoms with E-state index in [1.54, 1.807) is 10.9 Å². The molecular weight excluding hydrogens is 303 g/mol. The molecule has 0 radical (unpaired) electrons. The van der Waals surface area contributed by atoms with E-state index >= 15 is 0 Å². The molecule has 0 spiro atoms. The fraction of sp³-hybridized carbons (Fsp3) is 0.636. The molecule has 0 unspecified atom stereocenters. The van der Waals surface area contributed by atoms with Gasteiger partial charge in [0.05, 0.1) is 15.6 Å². The highest BCUT2D eigenvalue weighted by molar-refractivity contribution is 14.1. The minimum absolute atomic E-state index is 0.0897. The van der Waals surface area contributed by atoms with E-state index < -0.39 is 0 Å². The summed E-state index contributed by atoms with van der Waals surface area (Å²) in [5.41, 5.74) is 0.910. The van der Waals surface area contributed by atoms with Crippen LogP contribution in [-0.4, -0.2) is 9.55 Å². The molecule has 0 amide bonds. The van der Waals surface area contributed by atoms with Gasteiger partial charge in [0.2, 0.25) is 0 Å². The van der Waals surface area contributed by atoms with Gasteiger partial charge in [-0.1, -0.05) is 13.8 Å². The number of halogens is 1. The molecule has 0 saturated carbocycles. The van der Waals surface area contributed by atoms with Crippen LogP contribution >= 0.6 is 22.6 Å². The summed E-state index contributed by atoms with van der Waals surface area (Å²) >= 11 is 2.06. The molecule has 0 fully saturated rings. The predicted octanol–water partition coefficient (Wildman–Crippen LogP) is 2.59. The number of hydrogen-bond acceptors (Lipinski definition) is 2. The van der Waals surface area contributed by atoms with E-state index in [9.17, 15) is 4.79 Å². The lowest BCUT2D eigenvalue weighted by Gasteiger charge is -2.08. The van der Waals surface area contributed by atoms with Gasteiger partial charge >= 0.3 is 0 Å². The van der Waals surface area contributed by atoms with Crippen molar-refractivity contribution in [3.8, 4) is 0 Å². The number of rotatable bonds is 4. The SMILES string of the molecule is Cc1ncn(CCCC(C)C)c(=O)c1I. The van der Waals surface area contributed by atoms with E-state index in [1.165, 1.54) is 0 Å². The van der Waals surface area contributed by atoms with Gasteiger partial charge in [-0.25, -0.2) is 4.98 Å². The van der Waals surface area contributed by atoms with Crippen LogP contribution in [0, 0.1) is 16.4 Å². The van der Waals surface area contributed by atoms with E-state index in [0.717, 1.165) is 28.7 Å². The van der Waals surface area contributed by atoms with Crippen molar-refractivity contribution in [2.24, 2.45) is 5.92 Å². The fourth-order valence-corrected chi connectivity index (χ4v) is 1.82. The van der Waals surface area contributed by atoms with Crippen molar-refractivity contribution < 1.29 is 0 Å². The third kappa shape index (κ3) is 3.59. The average molecular weight is 320 g/mol. The van der Waals surface area contributed by atoms with Gasteiger partial charge in [0.15, 0.2) is 0 Å². The van der Waals surface area contributed by atoms with Crippen molar-refractivity contribution in [2.45, 2.75) is 40.2 Å². The van der Waals surface area contributed by atoms with Crippen LogP contribution in [0.2, 0.25) is 0 Å². The highest BCUT2D eigenvalue weighted by Gasteiger charge is 2.04. The van der Waals surface area contributed by atoms with Gasteiger partial charge in [-0.05, 0) is 48.3 Å². The van der Waals surface area contributed by atoms with Crippen molar-refractivity contribution in [2.75, 3.05) is 0 Å². The molecule has 0 aromatic carbocycles. The summed E-state index contributed by atoms with van der Waals surface area (Å²) in [6, 6.07) is 0. The maximum absolute atomic E-state index is 11.8. The van der Waals surface area contributed by atoms with Crippen molar-refractivity contribution >= 4 is 22.6 Å². The molecule has 0 atom stereocenters. The monoisotopic (exact) mass is 320 g/mol. The molecule has 1 rings (SSSR count). The third-order valence-corrected chi connectivity index (χ3v) is 3.58. The Balaban J connectivity index is 2.71. The molecule has 0 aliphatic rings. The van der Waals surface area contributed by atoms with E-state index in [1.807, 2.05) is 6.92 Å². The molecule has 0 aliphatic carbocycles. The predicted molar refractivity (Wildman–Crippen MR) is 70.0 cm³/mol. The summed E-state index contributed by atoms with van der Waals surface area (Å²) < 4.78 is 2.44. The molecule has 0 N–H and O–H groups in total. The first-order chi connectivity index (χ1) is 7.02. The van der Waals surface area contributed by atoms with E-state index in [-0.39, 0.29) is 5.56 Å². The first-order valence-electron chi connectivity index (χ1n) is 5.24.